The molecule has 3 N–H and O–H groups in total. The van der Waals surface area contributed by atoms with Gasteiger partial charge < -0.3 is 15.5 Å². The third-order valence-electron chi connectivity index (χ3n) is 4.70. The Balaban J connectivity index is 1.36. The van der Waals surface area contributed by atoms with Crippen molar-refractivity contribution in [2.75, 3.05) is 18.4 Å². The number of piperidine rings is 1. The third-order valence-corrected chi connectivity index (χ3v) is 5.39. The van der Waals surface area contributed by atoms with Gasteiger partial charge in [0, 0.05) is 36.8 Å². The van der Waals surface area contributed by atoms with Gasteiger partial charge in [-0.3, -0.25) is 5.32 Å². The Morgan fingerprint density at radius 3 is 2.33 bits per heavy atom. The number of anilines is 1. The van der Waals surface area contributed by atoms with Crippen molar-refractivity contribution in [2.45, 2.75) is 57.0 Å². The molecule has 2 aliphatic rings. The van der Waals surface area contributed by atoms with E-state index in [1.807, 2.05) is 5.38 Å². The fourth-order valence-corrected chi connectivity index (χ4v) is 3.86. The van der Waals surface area contributed by atoms with Gasteiger partial charge in [0.2, 0.25) is 0 Å². The molecule has 1 aromatic heterocycles. The highest BCUT2D eigenvalue weighted by Crippen LogP contribution is 2.18. The standard InChI is InChI=1S/C16H25N5O2S/c22-14(18-12-4-2-1-3-5-12)19-13-6-9-21(10-7-13)16(23)20-15-17-8-11-24-15/h8,11-13H,1-7,9-10H2,(H,17,20,23)(H2,18,19,22). The van der Waals surface area contributed by atoms with E-state index >= 15 is 0 Å². The van der Waals surface area contributed by atoms with Crippen LogP contribution in [0.4, 0.5) is 14.7 Å². The van der Waals surface area contributed by atoms with Gasteiger partial charge in [0.05, 0.1) is 0 Å². The molecule has 1 aromatic rings. The van der Waals surface area contributed by atoms with Gasteiger partial charge in [0.15, 0.2) is 5.13 Å². The van der Waals surface area contributed by atoms with Crippen LogP contribution in [0.5, 0.6) is 0 Å². The van der Waals surface area contributed by atoms with Gasteiger partial charge in [-0.2, -0.15) is 0 Å². The van der Waals surface area contributed by atoms with Crippen molar-refractivity contribution in [1.29, 1.82) is 0 Å². The second-order valence-corrected chi connectivity index (χ2v) is 7.38. The van der Waals surface area contributed by atoms with E-state index in [-0.39, 0.29) is 18.1 Å². The van der Waals surface area contributed by atoms with E-state index in [1.54, 1.807) is 11.1 Å². The van der Waals surface area contributed by atoms with Crippen molar-refractivity contribution >= 4 is 28.5 Å². The van der Waals surface area contributed by atoms with Crippen LogP contribution in [0.25, 0.3) is 0 Å². The summed E-state index contributed by atoms with van der Waals surface area (Å²) in [6, 6.07) is 0.281. The SMILES string of the molecule is O=C(NC1CCCCC1)NC1CCN(C(=O)Nc2nccs2)CC1. The molecule has 2 heterocycles. The molecule has 2 fully saturated rings. The second-order valence-electron chi connectivity index (χ2n) is 6.48. The number of carbonyl (C=O) groups excluding carboxylic acids is 2. The second kappa shape index (κ2) is 8.32. The van der Waals surface area contributed by atoms with E-state index in [0.29, 0.717) is 24.3 Å². The van der Waals surface area contributed by atoms with Gasteiger partial charge in [-0.15, -0.1) is 11.3 Å². The van der Waals surface area contributed by atoms with Crippen molar-refractivity contribution in [1.82, 2.24) is 20.5 Å². The zero-order valence-electron chi connectivity index (χ0n) is 13.8. The number of nitrogens with one attached hydrogen (secondary N) is 3. The number of thiazole rings is 1. The summed E-state index contributed by atoms with van der Waals surface area (Å²) in [7, 11) is 0. The summed E-state index contributed by atoms with van der Waals surface area (Å²) in [6.45, 7) is 1.29. The first-order chi connectivity index (χ1) is 11.7. The van der Waals surface area contributed by atoms with E-state index in [4.69, 9.17) is 0 Å². The maximum atomic E-state index is 12.1. The van der Waals surface area contributed by atoms with Crippen LogP contribution in [-0.4, -0.2) is 47.1 Å². The highest BCUT2D eigenvalue weighted by molar-refractivity contribution is 7.13. The molecule has 3 rings (SSSR count). The molecule has 1 saturated heterocycles. The van der Waals surface area contributed by atoms with Crippen LogP contribution in [0, 0.1) is 0 Å². The van der Waals surface area contributed by atoms with Crippen molar-refractivity contribution in [3.8, 4) is 0 Å². The molecule has 1 saturated carbocycles. The number of urea groups is 2. The molecular weight excluding hydrogens is 326 g/mol. The monoisotopic (exact) mass is 351 g/mol. The van der Waals surface area contributed by atoms with E-state index in [0.717, 1.165) is 25.7 Å². The molecule has 1 aliphatic carbocycles. The molecule has 0 aromatic carbocycles. The number of hydrogen-bond acceptors (Lipinski definition) is 4. The Morgan fingerprint density at radius 1 is 1.04 bits per heavy atom. The maximum Gasteiger partial charge on any atom is 0.323 e. The first kappa shape index (κ1) is 17.0. The highest BCUT2D eigenvalue weighted by atomic mass is 32.1. The summed E-state index contributed by atoms with van der Waals surface area (Å²) in [6.07, 6.45) is 9.09. The Bertz CT molecular complexity index is 537. The summed E-state index contributed by atoms with van der Waals surface area (Å²) >= 11 is 1.41. The van der Waals surface area contributed by atoms with E-state index in [1.165, 1.54) is 30.6 Å². The minimum atomic E-state index is -0.116. The molecule has 0 bridgehead atoms. The van der Waals surface area contributed by atoms with Crippen molar-refractivity contribution in [2.24, 2.45) is 0 Å². The van der Waals surface area contributed by atoms with Crippen LogP contribution in [0.3, 0.4) is 0 Å². The van der Waals surface area contributed by atoms with Crippen LogP contribution >= 0.6 is 11.3 Å². The van der Waals surface area contributed by atoms with Gasteiger partial charge in [0.1, 0.15) is 0 Å². The van der Waals surface area contributed by atoms with Crippen molar-refractivity contribution in [3.63, 3.8) is 0 Å². The van der Waals surface area contributed by atoms with Gasteiger partial charge >= 0.3 is 12.1 Å². The lowest BCUT2D eigenvalue weighted by Crippen LogP contribution is -2.51. The number of carbonyl (C=O) groups is 2. The summed E-state index contributed by atoms with van der Waals surface area (Å²) in [5.74, 6) is 0. The average molecular weight is 351 g/mol. The Kier molecular flexibility index (Phi) is 5.90. The lowest BCUT2D eigenvalue weighted by atomic mass is 9.96. The summed E-state index contributed by atoms with van der Waals surface area (Å²) in [5, 5.41) is 11.4. The zero-order chi connectivity index (χ0) is 16.8. The van der Waals surface area contributed by atoms with Crippen LogP contribution in [0.2, 0.25) is 0 Å². The normalized spacial score (nSPS) is 19.8. The number of aromatic nitrogens is 1. The average Bonchev–Trinajstić information content (AvgIpc) is 3.09. The fourth-order valence-electron chi connectivity index (χ4n) is 3.34. The van der Waals surface area contributed by atoms with Gasteiger partial charge in [-0.1, -0.05) is 19.3 Å². The maximum absolute atomic E-state index is 12.1. The van der Waals surface area contributed by atoms with Gasteiger partial charge in [0.25, 0.3) is 0 Å². The largest absolute Gasteiger partial charge is 0.335 e. The molecule has 4 amide bonds. The third kappa shape index (κ3) is 4.83. The smallest absolute Gasteiger partial charge is 0.323 e. The topological polar surface area (TPSA) is 86.4 Å². The Labute approximate surface area is 146 Å². The van der Waals surface area contributed by atoms with E-state index < -0.39 is 0 Å². The first-order valence-electron chi connectivity index (χ1n) is 8.73. The highest BCUT2D eigenvalue weighted by Gasteiger charge is 2.25. The molecule has 0 radical (unpaired) electrons. The minimum absolute atomic E-state index is 0.0624. The molecule has 0 spiro atoms. The molecule has 0 atom stereocenters. The van der Waals surface area contributed by atoms with E-state index in [9.17, 15) is 9.59 Å². The summed E-state index contributed by atoms with van der Waals surface area (Å²) in [4.78, 5) is 30.1. The van der Waals surface area contributed by atoms with E-state index in [2.05, 4.69) is 20.9 Å². The summed E-state index contributed by atoms with van der Waals surface area (Å²) < 4.78 is 0. The van der Waals surface area contributed by atoms with Crippen LogP contribution in [-0.2, 0) is 0 Å². The number of likely N-dealkylation sites (tertiary alicyclic amines) is 1. The number of hydrogen-bond donors (Lipinski definition) is 3. The first-order valence-corrected chi connectivity index (χ1v) is 9.61. The lowest BCUT2D eigenvalue weighted by molar-refractivity contribution is 0.186. The van der Waals surface area contributed by atoms with Crippen molar-refractivity contribution in [3.05, 3.63) is 11.6 Å². The molecule has 132 valence electrons. The van der Waals surface area contributed by atoms with Crippen molar-refractivity contribution < 1.29 is 9.59 Å². The van der Waals surface area contributed by atoms with Crippen LogP contribution < -0.4 is 16.0 Å². The Morgan fingerprint density at radius 2 is 1.71 bits per heavy atom. The quantitative estimate of drug-likeness (QED) is 0.782. The predicted octanol–water partition coefficient (Wildman–Crippen LogP) is 2.77. The Hall–Kier alpha value is -1.83. The molecule has 7 nitrogen and oxygen atoms in total. The number of amides is 4. The minimum Gasteiger partial charge on any atom is -0.335 e. The molecular formula is C16H25N5O2S. The molecule has 8 heteroatoms. The van der Waals surface area contributed by atoms with Crippen LogP contribution in [0.1, 0.15) is 44.9 Å². The summed E-state index contributed by atoms with van der Waals surface area (Å²) in [5.41, 5.74) is 0. The van der Waals surface area contributed by atoms with Crippen LogP contribution in [0.15, 0.2) is 11.6 Å². The molecule has 1 aliphatic heterocycles. The number of rotatable bonds is 3. The molecule has 24 heavy (non-hydrogen) atoms. The predicted molar refractivity (Wildman–Crippen MR) is 94.3 cm³/mol. The lowest BCUT2D eigenvalue weighted by Gasteiger charge is -2.32. The van der Waals surface area contributed by atoms with Gasteiger partial charge in [-0.25, -0.2) is 14.6 Å². The molecule has 0 unspecified atom stereocenters. The number of nitrogens with zero attached hydrogens (tertiary/aromatic N) is 2. The fraction of sp³-hybridized carbons (Fsp3) is 0.688. The van der Waals surface area contributed by atoms with Gasteiger partial charge in [-0.05, 0) is 25.7 Å². The zero-order valence-corrected chi connectivity index (χ0v) is 14.6.